The van der Waals surface area contributed by atoms with Gasteiger partial charge in [0, 0.05) is 27.3 Å². The van der Waals surface area contributed by atoms with Crippen LogP contribution in [0.5, 0.6) is 0 Å². The summed E-state index contributed by atoms with van der Waals surface area (Å²) in [5, 5.41) is 6.63. The van der Waals surface area contributed by atoms with Crippen molar-refractivity contribution in [3.05, 3.63) is 87.1 Å². The first-order valence-electron chi connectivity index (χ1n) is 10.3. The number of hydrogen-bond donors (Lipinski definition) is 3. The lowest BCUT2D eigenvalue weighted by Crippen LogP contribution is -2.18. The normalized spacial score (nSPS) is 18.3. The minimum absolute atomic E-state index is 0.186. The number of H-pyrrole nitrogens is 1. The summed E-state index contributed by atoms with van der Waals surface area (Å²) in [6.07, 6.45) is 1.57. The highest BCUT2D eigenvalue weighted by molar-refractivity contribution is 6.53. The molecule has 3 aromatic carbocycles. The third kappa shape index (κ3) is 4.82. The Balaban J connectivity index is 1.33. The second kappa shape index (κ2) is 9.19. The summed E-state index contributed by atoms with van der Waals surface area (Å²) in [6.45, 7) is 0. The Kier molecular flexibility index (Phi) is 6.36. The maximum absolute atomic E-state index is 13.0. The number of fused-ring (bicyclic) bond motifs is 1. The first-order chi connectivity index (χ1) is 16.6. The van der Waals surface area contributed by atoms with Crippen LogP contribution in [0.2, 0.25) is 15.1 Å². The van der Waals surface area contributed by atoms with Crippen LogP contribution in [0.1, 0.15) is 21.8 Å². The molecular weight excluding hydrogens is 554 g/mol. The van der Waals surface area contributed by atoms with Crippen molar-refractivity contribution in [3.63, 3.8) is 0 Å². The fourth-order valence-electron chi connectivity index (χ4n) is 4.03. The molecular formula is C24H15Cl5N4O2. The minimum Gasteiger partial charge on any atom is -0.345 e. The Labute approximate surface area is 224 Å². The molecule has 2 unspecified atom stereocenters. The van der Waals surface area contributed by atoms with Gasteiger partial charge in [0.2, 0.25) is 5.91 Å². The van der Waals surface area contributed by atoms with Crippen molar-refractivity contribution >= 4 is 92.2 Å². The van der Waals surface area contributed by atoms with Gasteiger partial charge in [0.1, 0.15) is 4.33 Å². The second-order valence-corrected chi connectivity index (χ2v) is 10.8. The standard InChI is InChI=1S/C24H15Cl5N4O2/c25-12-5-11(6-13(26)7-12)20-21(24(20,28)29)23(35)33-14-1-3-17(27)16(8-14)22(34)32-15-2-4-18-19(9-15)31-10-30-18/h1-10,20-21H,(H,30,31)(H,32,34)(H,33,35). The van der Waals surface area contributed by atoms with Crippen molar-refractivity contribution < 1.29 is 9.59 Å². The van der Waals surface area contributed by atoms with Gasteiger partial charge in [-0.3, -0.25) is 9.59 Å². The number of halogens is 5. The van der Waals surface area contributed by atoms with E-state index >= 15 is 0 Å². The zero-order valence-electron chi connectivity index (χ0n) is 17.6. The number of rotatable bonds is 5. The maximum Gasteiger partial charge on any atom is 0.257 e. The summed E-state index contributed by atoms with van der Waals surface area (Å²) in [7, 11) is 0. The SMILES string of the molecule is O=C(Nc1ccc2nc[nH]c2c1)c1cc(NC(=O)C2C(c3cc(Cl)cc(Cl)c3)C2(Cl)Cl)ccc1Cl. The number of benzene rings is 3. The van der Waals surface area contributed by atoms with Gasteiger partial charge in [-0.15, -0.1) is 23.2 Å². The number of hydrogen-bond acceptors (Lipinski definition) is 3. The summed E-state index contributed by atoms with van der Waals surface area (Å²) in [4.78, 5) is 33.0. The molecule has 1 aromatic heterocycles. The number of anilines is 2. The molecule has 3 N–H and O–H groups in total. The average Bonchev–Trinajstić information content (AvgIpc) is 3.11. The molecule has 0 radical (unpaired) electrons. The van der Waals surface area contributed by atoms with Crippen LogP contribution < -0.4 is 10.6 Å². The average molecular weight is 569 g/mol. The summed E-state index contributed by atoms with van der Waals surface area (Å²) < 4.78 is -1.32. The Bertz CT molecular complexity index is 1470. The number of aromatic amines is 1. The van der Waals surface area contributed by atoms with Crippen molar-refractivity contribution in [2.45, 2.75) is 10.3 Å². The van der Waals surface area contributed by atoms with Crippen molar-refractivity contribution in [2.75, 3.05) is 10.6 Å². The molecule has 1 heterocycles. The van der Waals surface area contributed by atoms with Gasteiger partial charge in [-0.2, -0.15) is 0 Å². The van der Waals surface area contributed by atoms with E-state index in [-0.39, 0.29) is 10.6 Å². The van der Waals surface area contributed by atoms with Gasteiger partial charge >= 0.3 is 0 Å². The van der Waals surface area contributed by atoms with E-state index in [1.54, 1.807) is 48.8 Å². The predicted octanol–water partition coefficient (Wildman–Crippen LogP) is 7.30. The molecule has 35 heavy (non-hydrogen) atoms. The molecule has 4 aromatic rings. The van der Waals surface area contributed by atoms with Crippen LogP contribution in [0.3, 0.4) is 0 Å². The van der Waals surface area contributed by atoms with Gasteiger partial charge in [0.15, 0.2) is 0 Å². The van der Waals surface area contributed by atoms with Gasteiger partial charge in [-0.1, -0.05) is 34.8 Å². The van der Waals surface area contributed by atoms with Gasteiger partial charge in [-0.25, -0.2) is 4.98 Å². The molecule has 1 fully saturated rings. The minimum atomic E-state index is -1.32. The molecule has 2 atom stereocenters. The van der Waals surface area contributed by atoms with Crippen LogP contribution in [0.25, 0.3) is 11.0 Å². The van der Waals surface area contributed by atoms with Gasteiger partial charge in [0.05, 0.1) is 33.9 Å². The molecule has 6 nitrogen and oxygen atoms in total. The number of nitrogens with one attached hydrogen (secondary N) is 3. The number of nitrogens with zero attached hydrogens (tertiary/aromatic N) is 1. The van der Waals surface area contributed by atoms with Crippen molar-refractivity contribution in [1.29, 1.82) is 0 Å². The van der Waals surface area contributed by atoms with Gasteiger partial charge in [0.25, 0.3) is 5.91 Å². The first-order valence-corrected chi connectivity index (χ1v) is 12.2. The molecule has 0 bridgehead atoms. The molecule has 1 aliphatic rings. The highest BCUT2D eigenvalue weighted by Crippen LogP contribution is 2.65. The summed E-state index contributed by atoms with van der Waals surface area (Å²) >= 11 is 31.3. The van der Waals surface area contributed by atoms with Crippen LogP contribution in [0, 0.1) is 5.92 Å². The van der Waals surface area contributed by atoms with Gasteiger partial charge < -0.3 is 15.6 Å². The summed E-state index contributed by atoms with van der Waals surface area (Å²) in [5.74, 6) is -2.08. The topological polar surface area (TPSA) is 86.9 Å². The lowest BCUT2D eigenvalue weighted by Gasteiger charge is -2.10. The number of carbonyl (C=O) groups is 2. The molecule has 2 amide bonds. The zero-order chi connectivity index (χ0) is 24.9. The Morgan fingerprint density at radius 1 is 0.886 bits per heavy atom. The van der Waals surface area contributed by atoms with Crippen molar-refractivity contribution in [1.82, 2.24) is 9.97 Å². The molecule has 1 saturated carbocycles. The van der Waals surface area contributed by atoms with E-state index in [1.165, 1.54) is 12.1 Å². The fraction of sp³-hybridized carbons (Fsp3) is 0.125. The smallest absolute Gasteiger partial charge is 0.257 e. The van der Waals surface area contributed by atoms with Crippen LogP contribution in [0.4, 0.5) is 11.4 Å². The lowest BCUT2D eigenvalue weighted by atomic mass is 10.1. The van der Waals surface area contributed by atoms with Crippen LogP contribution in [0.15, 0.2) is 60.9 Å². The number of alkyl halides is 2. The molecule has 0 spiro atoms. The maximum atomic E-state index is 13.0. The van der Waals surface area contributed by atoms with Gasteiger partial charge in [-0.05, 0) is 60.2 Å². The highest BCUT2D eigenvalue weighted by Gasteiger charge is 2.67. The second-order valence-electron chi connectivity index (χ2n) is 8.11. The largest absolute Gasteiger partial charge is 0.345 e. The Morgan fingerprint density at radius 3 is 2.31 bits per heavy atom. The zero-order valence-corrected chi connectivity index (χ0v) is 21.4. The van der Waals surface area contributed by atoms with E-state index in [9.17, 15) is 9.59 Å². The number of imidazole rings is 1. The highest BCUT2D eigenvalue weighted by atomic mass is 35.5. The first kappa shape index (κ1) is 24.2. The quantitative estimate of drug-likeness (QED) is 0.221. The van der Waals surface area contributed by atoms with E-state index in [2.05, 4.69) is 20.6 Å². The van der Waals surface area contributed by atoms with Crippen LogP contribution in [-0.2, 0) is 4.79 Å². The number of carbonyl (C=O) groups excluding carboxylic acids is 2. The fourth-order valence-corrected chi connectivity index (χ4v) is 5.61. The van der Waals surface area contributed by atoms with E-state index in [4.69, 9.17) is 58.0 Å². The molecule has 0 aliphatic heterocycles. The summed E-state index contributed by atoms with van der Waals surface area (Å²) in [5.41, 5.74) is 3.34. The van der Waals surface area contributed by atoms with E-state index < -0.39 is 28.0 Å². The van der Waals surface area contributed by atoms with E-state index in [0.717, 1.165) is 11.0 Å². The Morgan fingerprint density at radius 2 is 1.57 bits per heavy atom. The monoisotopic (exact) mass is 566 g/mol. The molecule has 178 valence electrons. The van der Waals surface area contributed by atoms with E-state index in [1.807, 2.05) is 0 Å². The molecule has 11 heteroatoms. The molecule has 1 aliphatic carbocycles. The summed E-state index contributed by atoms with van der Waals surface area (Å²) in [6, 6.07) is 14.8. The van der Waals surface area contributed by atoms with Crippen LogP contribution >= 0.6 is 58.0 Å². The van der Waals surface area contributed by atoms with E-state index in [0.29, 0.717) is 27.0 Å². The number of aromatic nitrogens is 2. The molecule has 0 saturated heterocycles. The van der Waals surface area contributed by atoms with Crippen LogP contribution in [-0.4, -0.2) is 26.1 Å². The predicted molar refractivity (Wildman–Crippen MR) is 141 cm³/mol. The molecule has 5 rings (SSSR count). The lowest BCUT2D eigenvalue weighted by molar-refractivity contribution is -0.117. The third-order valence-corrected chi connectivity index (χ3v) is 7.44. The van der Waals surface area contributed by atoms with Crippen molar-refractivity contribution in [3.8, 4) is 0 Å². The Hall–Kier alpha value is -2.48. The third-order valence-electron chi connectivity index (χ3n) is 5.74. The number of amides is 2. The van der Waals surface area contributed by atoms with Crippen molar-refractivity contribution in [2.24, 2.45) is 5.92 Å².